The van der Waals surface area contributed by atoms with E-state index in [-0.39, 0.29) is 11.2 Å². The maximum atomic E-state index is 12.8. The second kappa shape index (κ2) is 11.9. The molecule has 0 radical (unpaired) electrons. The van der Waals surface area contributed by atoms with Crippen LogP contribution in [0.3, 0.4) is 0 Å². The summed E-state index contributed by atoms with van der Waals surface area (Å²) in [5, 5.41) is 12.1. The van der Waals surface area contributed by atoms with Gasteiger partial charge in [-0.2, -0.15) is 0 Å². The Morgan fingerprint density at radius 3 is 2.32 bits per heavy atom. The van der Waals surface area contributed by atoms with E-state index in [1.165, 1.54) is 17.3 Å². The predicted octanol–water partition coefficient (Wildman–Crippen LogP) is 5.26. The number of anilines is 2. The van der Waals surface area contributed by atoms with Crippen molar-refractivity contribution in [3.8, 4) is 5.75 Å². The van der Waals surface area contributed by atoms with Gasteiger partial charge in [0.2, 0.25) is 5.91 Å². The minimum absolute atomic E-state index is 0.0736. The Labute approximate surface area is 206 Å². The number of thioether (sulfide) groups is 1. The van der Waals surface area contributed by atoms with E-state index in [1.54, 1.807) is 0 Å². The van der Waals surface area contributed by atoms with E-state index in [9.17, 15) is 4.79 Å². The first-order valence-corrected chi connectivity index (χ1v) is 12.5. The summed E-state index contributed by atoms with van der Waals surface area (Å²) in [5.41, 5.74) is 3.13. The fourth-order valence-corrected chi connectivity index (χ4v) is 4.21. The lowest BCUT2D eigenvalue weighted by Gasteiger charge is -2.16. The average Bonchev–Trinajstić information content (AvgIpc) is 3.18. The summed E-state index contributed by atoms with van der Waals surface area (Å²) >= 11 is 1.41. The van der Waals surface area contributed by atoms with Gasteiger partial charge in [-0.05, 0) is 61.2 Å². The Bertz CT molecular complexity index is 1060. The van der Waals surface area contributed by atoms with E-state index in [0.717, 1.165) is 41.1 Å². The minimum atomic E-state index is -0.334. The van der Waals surface area contributed by atoms with Crippen molar-refractivity contribution in [2.24, 2.45) is 5.92 Å². The molecule has 182 valence electrons. The van der Waals surface area contributed by atoms with Gasteiger partial charge in [0.25, 0.3) is 0 Å². The van der Waals surface area contributed by atoms with Crippen LogP contribution in [0.4, 0.5) is 11.4 Å². The fraction of sp³-hybridized carbons (Fsp3) is 0.423. The zero-order chi connectivity index (χ0) is 24.7. The van der Waals surface area contributed by atoms with Crippen LogP contribution in [-0.2, 0) is 24.4 Å². The van der Waals surface area contributed by atoms with E-state index < -0.39 is 0 Å². The summed E-state index contributed by atoms with van der Waals surface area (Å²) in [4.78, 5) is 14.8. The van der Waals surface area contributed by atoms with E-state index >= 15 is 0 Å². The fourth-order valence-electron chi connectivity index (χ4n) is 3.33. The molecule has 1 N–H and O–H groups in total. The van der Waals surface area contributed by atoms with E-state index in [1.807, 2.05) is 62.3 Å². The van der Waals surface area contributed by atoms with Crippen LogP contribution < -0.4 is 15.0 Å². The molecular formula is C26H35N5O2S. The van der Waals surface area contributed by atoms with Crippen LogP contribution in [0.25, 0.3) is 0 Å². The first-order valence-electron chi connectivity index (χ1n) is 11.7. The molecule has 3 aromatic rings. The van der Waals surface area contributed by atoms with E-state index in [2.05, 4.69) is 53.0 Å². The predicted molar refractivity (Wildman–Crippen MR) is 140 cm³/mol. The first kappa shape index (κ1) is 25.6. The highest BCUT2D eigenvalue weighted by Gasteiger charge is 2.21. The van der Waals surface area contributed by atoms with Gasteiger partial charge in [-0.25, -0.2) is 0 Å². The number of carbonyl (C=O) groups excluding carboxylic acids is 1. The molecule has 7 nitrogen and oxygen atoms in total. The third kappa shape index (κ3) is 7.00. The molecule has 1 unspecified atom stereocenters. The Kier molecular flexibility index (Phi) is 8.98. The molecule has 1 amide bonds. The molecule has 0 fully saturated rings. The highest BCUT2D eigenvalue weighted by molar-refractivity contribution is 8.00. The standard InChI is InChI=1S/C26H35N5O2S/c1-7-20-8-14-23(15-9-20)33-17-24-28-29-26(31(24)16-18(2)3)34-19(4)25(32)27-21-10-12-22(13-11-21)30(5)6/h8-15,18-19H,7,16-17H2,1-6H3,(H,27,32). The van der Waals surface area contributed by atoms with Crippen LogP contribution in [-0.4, -0.2) is 40.0 Å². The van der Waals surface area contributed by atoms with E-state index in [0.29, 0.717) is 12.5 Å². The average molecular weight is 482 g/mol. The zero-order valence-electron chi connectivity index (χ0n) is 20.9. The van der Waals surface area contributed by atoms with Gasteiger partial charge in [0.1, 0.15) is 12.4 Å². The SMILES string of the molecule is CCc1ccc(OCc2nnc(SC(C)C(=O)Nc3ccc(N(C)C)cc3)n2CC(C)C)cc1. The largest absolute Gasteiger partial charge is 0.486 e. The second-order valence-corrected chi connectivity index (χ2v) is 10.2. The minimum Gasteiger partial charge on any atom is -0.486 e. The number of hydrogen-bond acceptors (Lipinski definition) is 6. The summed E-state index contributed by atoms with van der Waals surface area (Å²) in [6.07, 6.45) is 0.997. The third-order valence-corrected chi connectivity index (χ3v) is 6.42. The summed E-state index contributed by atoms with van der Waals surface area (Å²) in [6.45, 7) is 9.39. The lowest BCUT2D eigenvalue weighted by molar-refractivity contribution is -0.115. The molecule has 0 spiro atoms. The van der Waals surface area contributed by atoms with Gasteiger partial charge in [0, 0.05) is 32.0 Å². The molecule has 3 rings (SSSR count). The van der Waals surface area contributed by atoms with Crippen molar-refractivity contribution in [2.75, 3.05) is 24.3 Å². The number of nitrogens with one attached hydrogen (secondary N) is 1. The van der Waals surface area contributed by atoms with Crippen LogP contribution in [0.2, 0.25) is 0 Å². The van der Waals surface area contributed by atoms with Crippen LogP contribution in [0.5, 0.6) is 5.75 Å². The molecule has 2 aromatic carbocycles. The third-order valence-electron chi connectivity index (χ3n) is 5.34. The molecule has 0 bridgehead atoms. The van der Waals surface area contributed by atoms with Crippen molar-refractivity contribution in [3.05, 3.63) is 59.9 Å². The molecule has 34 heavy (non-hydrogen) atoms. The number of hydrogen-bond donors (Lipinski definition) is 1. The van der Waals surface area contributed by atoms with Gasteiger partial charge in [-0.1, -0.05) is 44.7 Å². The number of aromatic nitrogens is 3. The number of amides is 1. The van der Waals surface area contributed by atoms with Crippen LogP contribution >= 0.6 is 11.8 Å². The van der Waals surface area contributed by atoms with Gasteiger partial charge in [-0.15, -0.1) is 10.2 Å². The number of aryl methyl sites for hydroxylation is 1. The molecule has 0 saturated heterocycles. The number of carbonyl (C=O) groups is 1. The Morgan fingerprint density at radius 2 is 1.74 bits per heavy atom. The number of nitrogens with zero attached hydrogens (tertiary/aromatic N) is 4. The highest BCUT2D eigenvalue weighted by atomic mass is 32.2. The molecule has 1 heterocycles. The zero-order valence-corrected chi connectivity index (χ0v) is 21.7. The molecule has 1 aromatic heterocycles. The highest BCUT2D eigenvalue weighted by Crippen LogP contribution is 2.25. The van der Waals surface area contributed by atoms with Gasteiger partial charge in [-0.3, -0.25) is 4.79 Å². The Hall–Kier alpha value is -3.00. The van der Waals surface area contributed by atoms with Gasteiger partial charge in [0.15, 0.2) is 11.0 Å². The van der Waals surface area contributed by atoms with Gasteiger partial charge >= 0.3 is 0 Å². The normalized spacial score (nSPS) is 12.0. The monoisotopic (exact) mass is 481 g/mol. The van der Waals surface area contributed by atoms with Crippen molar-refractivity contribution in [2.45, 2.75) is 57.7 Å². The lowest BCUT2D eigenvalue weighted by atomic mass is 10.2. The molecule has 0 saturated carbocycles. The number of benzene rings is 2. The topological polar surface area (TPSA) is 72.3 Å². The van der Waals surface area contributed by atoms with Crippen molar-refractivity contribution in [1.29, 1.82) is 0 Å². The second-order valence-electron chi connectivity index (χ2n) is 8.88. The van der Waals surface area contributed by atoms with Crippen LogP contribution in [0, 0.1) is 5.92 Å². The molecule has 0 aliphatic rings. The van der Waals surface area contributed by atoms with Crippen molar-refractivity contribution >= 4 is 29.0 Å². The van der Waals surface area contributed by atoms with Crippen molar-refractivity contribution < 1.29 is 9.53 Å². The molecule has 0 aliphatic carbocycles. The first-order chi connectivity index (χ1) is 16.3. The quantitative estimate of drug-likeness (QED) is 0.377. The van der Waals surface area contributed by atoms with Crippen molar-refractivity contribution in [3.63, 3.8) is 0 Å². The van der Waals surface area contributed by atoms with Crippen molar-refractivity contribution in [1.82, 2.24) is 14.8 Å². The summed E-state index contributed by atoms with van der Waals surface area (Å²) < 4.78 is 8.03. The maximum Gasteiger partial charge on any atom is 0.237 e. The number of rotatable bonds is 11. The summed E-state index contributed by atoms with van der Waals surface area (Å²) in [5.74, 6) is 1.88. The smallest absolute Gasteiger partial charge is 0.237 e. The van der Waals surface area contributed by atoms with Gasteiger partial charge in [0.05, 0.1) is 5.25 Å². The molecule has 1 atom stereocenters. The van der Waals surface area contributed by atoms with Crippen LogP contribution in [0.15, 0.2) is 53.7 Å². The maximum absolute atomic E-state index is 12.8. The van der Waals surface area contributed by atoms with Gasteiger partial charge < -0.3 is 19.5 Å². The Balaban J connectivity index is 1.66. The van der Waals surface area contributed by atoms with E-state index in [4.69, 9.17) is 4.74 Å². The molecule has 8 heteroatoms. The Morgan fingerprint density at radius 1 is 1.06 bits per heavy atom. The molecule has 0 aliphatic heterocycles. The lowest BCUT2D eigenvalue weighted by Crippen LogP contribution is -2.23. The summed E-state index contributed by atoms with van der Waals surface area (Å²) in [6, 6.07) is 15.9. The van der Waals surface area contributed by atoms with Crippen LogP contribution in [0.1, 0.15) is 39.1 Å². The number of ether oxygens (including phenoxy) is 1. The molecular weight excluding hydrogens is 446 g/mol. The summed E-state index contributed by atoms with van der Waals surface area (Å²) in [7, 11) is 3.97.